The van der Waals surface area contributed by atoms with Crippen molar-refractivity contribution in [1.82, 2.24) is 5.32 Å². The summed E-state index contributed by atoms with van der Waals surface area (Å²) in [6.45, 7) is 0.384. The lowest BCUT2D eigenvalue weighted by Crippen LogP contribution is -2.36. The van der Waals surface area contributed by atoms with Crippen molar-refractivity contribution in [2.75, 3.05) is 0 Å². The third-order valence-electron chi connectivity index (χ3n) is 2.89. The summed E-state index contributed by atoms with van der Waals surface area (Å²) in [5.74, 6) is -1.39. The van der Waals surface area contributed by atoms with E-state index in [0.717, 1.165) is 5.56 Å². The predicted octanol–water partition coefficient (Wildman–Crippen LogP) is 1.17. The molecular weight excluding hydrogens is 206 g/mol. The molecule has 1 fully saturated rings. The molecule has 0 bridgehead atoms. The summed E-state index contributed by atoms with van der Waals surface area (Å²) in [6, 6.07) is 9.43. The summed E-state index contributed by atoms with van der Waals surface area (Å²) < 4.78 is 0. The quantitative estimate of drug-likeness (QED) is 0.747. The minimum Gasteiger partial charge on any atom is -0.480 e. The smallest absolute Gasteiger partial charge is 0.319 e. The van der Waals surface area contributed by atoms with Gasteiger partial charge in [-0.05, 0) is 18.4 Å². The van der Waals surface area contributed by atoms with Crippen molar-refractivity contribution in [3.8, 4) is 0 Å². The van der Waals surface area contributed by atoms with Crippen LogP contribution in [0.15, 0.2) is 30.3 Å². The highest BCUT2D eigenvalue weighted by Crippen LogP contribution is 2.46. The number of carbonyl (C=O) groups is 2. The van der Waals surface area contributed by atoms with Gasteiger partial charge < -0.3 is 10.4 Å². The molecule has 0 aliphatic heterocycles. The molecule has 1 aromatic carbocycles. The summed E-state index contributed by atoms with van der Waals surface area (Å²) >= 11 is 0. The molecule has 4 nitrogen and oxygen atoms in total. The van der Waals surface area contributed by atoms with E-state index in [-0.39, 0.29) is 5.91 Å². The minimum absolute atomic E-state index is 0.371. The zero-order chi connectivity index (χ0) is 11.6. The first-order valence-corrected chi connectivity index (χ1v) is 5.21. The van der Waals surface area contributed by atoms with E-state index in [1.165, 1.54) is 0 Å². The molecule has 16 heavy (non-hydrogen) atoms. The van der Waals surface area contributed by atoms with Gasteiger partial charge in [0.1, 0.15) is 5.41 Å². The first-order chi connectivity index (χ1) is 7.65. The summed E-state index contributed by atoms with van der Waals surface area (Å²) in [5.41, 5.74) is -0.175. The fraction of sp³-hybridized carbons (Fsp3) is 0.333. The Morgan fingerprint density at radius 2 is 1.88 bits per heavy atom. The van der Waals surface area contributed by atoms with E-state index in [1.54, 1.807) is 0 Å². The molecule has 0 spiro atoms. The second-order valence-electron chi connectivity index (χ2n) is 4.06. The highest BCUT2D eigenvalue weighted by molar-refractivity contribution is 6.04. The van der Waals surface area contributed by atoms with E-state index in [9.17, 15) is 9.59 Å². The van der Waals surface area contributed by atoms with Crippen LogP contribution < -0.4 is 5.32 Å². The Kier molecular flexibility index (Phi) is 2.64. The molecule has 1 amide bonds. The Labute approximate surface area is 93.3 Å². The summed E-state index contributed by atoms with van der Waals surface area (Å²) in [5, 5.41) is 11.6. The van der Waals surface area contributed by atoms with Gasteiger partial charge in [0.2, 0.25) is 5.91 Å². The van der Waals surface area contributed by atoms with Crippen molar-refractivity contribution in [2.45, 2.75) is 19.4 Å². The molecule has 1 aliphatic carbocycles. The van der Waals surface area contributed by atoms with E-state index in [4.69, 9.17) is 5.11 Å². The molecule has 0 saturated heterocycles. The van der Waals surface area contributed by atoms with Crippen molar-refractivity contribution in [3.05, 3.63) is 35.9 Å². The first kappa shape index (κ1) is 10.7. The largest absolute Gasteiger partial charge is 0.480 e. The minimum atomic E-state index is -1.14. The average Bonchev–Trinajstić information content (AvgIpc) is 3.08. The molecule has 0 aromatic heterocycles. The van der Waals surface area contributed by atoms with E-state index >= 15 is 0 Å². The van der Waals surface area contributed by atoms with Crippen LogP contribution in [0.25, 0.3) is 0 Å². The average molecular weight is 219 g/mol. The normalized spacial score (nSPS) is 16.5. The van der Waals surface area contributed by atoms with Crippen LogP contribution in [0.3, 0.4) is 0 Å². The van der Waals surface area contributed by atoms with Crippen LogP contribution in [0.5, 0.6) is 0 Å². The fourth-order valence-corrected chi connectivity index (χ4v) is 1.61. The monoisotopic (exact) mass is 219 g/mol. The highest BCUT2D eigenvalue weighted by Gasteiger charge is 2.56. The molecule has 4 heteroatoms. The van der Waals surface area contributed by atoms with E-state index in [2.05, 4.69) is 5.32 Å². The van der Waals surface area contributed by atoms with Gasteiger partial charge >= 0.3 is 5.97 Å². The standard InChI is InChI=1S/C12H13NO3/c14-10(12(6-7-12)11(15)16)13-8-9-4-2-1-3-5-9/h1-5H,6-8H2,(H,13,14)(H,15,16). The van der Waals surface area contributed by atoms with Crippen LogP contribution >= 0.6 is 0 Å². The van der Waals surface area contributed by atoms with Crippen LogP contribution in [-0.4, -0.2) is 17.0 Å². The van der Waals surface area contributed by atoms with Crippen LogP contribution in [0.4, 0.5) is 0 Å². The molecule has 0 radical (unpaired) electrons. The van der Waals surface area contributed by atoms with Crippen molar-refractivity contribution in [1.29, 1.82) is 0 Å². The zero-order valence-corrected chi connectivity index (χ0v) is 8.77. The number of carbonyl (C=O) groups excluding carboxylic acids is 1. The van der Waals surface area contributed by atoms with Crippen LogP contribution in [-0.2, 0) is 16.1 Å². The lowest BCUT2D eigenvalue weighted by molar-refractivity contribution is -0.149. The number of benzene rings is 1. The van der Waals surface area contributed by atoms with Gasteiger partial charge in [-0.2, -0.15) is 0 Å². The number of amides is 1. The Bertz CT molecular complexity index is 410. The van der Waals surface area contributed by atoms with Crippen LogP contribution in [0.1, 0.15) is 18.4 Å². The maximum Gasteiger partial charge on any atom is 0.319 e. The Hall–Kier alpha value is -1.84. The third kappa shape index (κ3) is 1.91. The van der Waals surface area contributed by atoms with Crippen molar-refractivity contribution in [3.63, 3.8) is 0 Å². The zero-order valence-electron chi connectivity index (χ0n) is 8.77. The molecule has 0 unspecified atom stereocenters. The van der Waals surface area contributed by atoms with Gasteiger partial charge in [0.05, 0.1) is 0 Å². The first-order valence-electron chi connectivity index (χ1n) is 5.21. The number of aliphatic carboxylic acids is 1. The number of hydrogen-bond donors (Lipinski definition) is 2. The third-order valence-corrected chi connectivity index (χ3v) is 2.89. The summed E-state index contributed by atoms with van der Waals surface area (Å²) in [4.78, 5) is 22.5. The van der Waals surface area contributed by atoms with E-state index < -0.39 is 11.4 Å². The number of rotatable bonds is 4. The molecule has 1 saturated carbocycles. The Morgan fingerprint density at radius 3 is 2.38 bits per heavy atom. The number of hydrogen-bond acceptors (Lipinski definition) is 2. The topological polar surface area (TPSA) is 66.4 Å². The highest BCUT2D eigenvalue weighted by atomic mass is 16.4. The van der Waals surface area contributed by atoms with Gasteiger partial charge in [-0.25, -0.2) is 0 Å². The summed E-state index contributed by atoms with van der Waals surface area (Å²) in [6.07, 6.45) is 0.895. The van der Waals surface area contributed by atoms with Gasteiger partial charge in [0.15, 0.2) is 0 Å². The molecule has 2 rings (SSSR count). The molecule has 2 N–H and O–H groups in total. The number of nitrogens with one attached hydrogen (secondary N) is 1. The van der Waals surface area contributed by atoms with Crippen molar-refractivity contribution < 1.29 is 14.7 Å². The molecule has 0 atom stereocenters. The van der Waals surface area contributed by atoms with Crippen molar-refractivity contribution >= 4 is 11.9 Å². The lowest BCUT2D eigenvalue weighted by atomic mass is 10.1. The fourth-order valence-electron chi connectivity index (χ4n) is 1.61. The van der Waals surface area contributed by atoms with Gasteiger partial charge in [-0.1, -0.05) is 30.3 Å². The summed E-state index contributed by atoms with van der Waals surface area (Å²) in [7, 11) is 0. The van der Waals surface area contributed by atoms with Gasteiger partial charge in [0, 0.05) is 6.54 Å². The molecule has 0 heterocycles. The van der Waals surface area contributed by atoms with E-state index in [0.29, 0.717) is 19.4 Å². The molecule has 84 valence electrons. The van der Waals surface area contributed by atoms with E-state index in [1.807, 2.05) is 30.3 Å². The Balaban J connectivity index is 1.92. The predicted molar refractivity (Wildman–Crippen MR) is 57.6 cm³/mol. The second-order valence-corrected chi connectivity index (χ2v) is 4.06. The van der Waals surface area contributed by atoms with Crippen LogP contribution in [0, 0.1) is 5.41 Å². The SMILES string of the molecule is O=C(O)C1(C(=O)NCc2ccccc2)CC1. The second kappa shape index (κ2) is 3.96. The van der Waals surface area contributed by atoms with Gasteiger partial charge in [-0.3, -0.25) is 9.59 Å². The van der Waals surface area contributed by atoms with Crippen molar-refractivity contribution in [2.24, 2.45) is 5.41 Å². The van der Waals surface area contributed by atoms with Crippen LogP contribution in [0.2, 0.25) is 0 Å². The molecule has 1 aliphatic rings. The number of carboxylic acids is 1. The van der Waals surface area contributed by atoms with Gasteiger partial charge in [0.25, 0.3) is 0 Å². The molecule has 1 aromatic rings. The number of carboxylic acid groups (broad SMARTS) is 1. The molecular formula is C12H13NO3. The van der Waals surface area contributed by atoms with Gasteiger partial charge in [-0.15, -0.1) is 0 Å². The maximum absolute atomic E-state index is 11.7. The lowest BCUT2D eigenvalue weighted by Gasteiger charge is -2.10. The maximum atomic E-state index is 11.7. The Morgan fingerprint density at radius 1 is 1.25 bits per heavy atom.